The highest BCUT2D eigenvalue weighted by Crippen LogP contribution is 2.37. The van der Waals surface area contributed by atoms with Crippen LogP contribution in [0, 0.1) is 11.8 Å². The van der Waals surface area contributed by atoms with E-state index >= 15 is 0 Å². The van der Waals surface area contributed by atoms with Gasteiger partial charge in [0, 0.05) is 25.0 Å². The van der Waals surface area contributed by atoms with Crippen LogP contribution in [0.4, 0.5) is 18.0 Å². The average Bonchev–Trinajstić information content (AvgIpc) is 2.91. The third-order valence-corrected chi connectivity index (χ3v) is 4.24. The summed E-state index contributed by atoms with van der Waals surface area (Å²) in [5.41, 5.74) is 0. The lowest BCUT2D eigenvalue weighted by atomic mass is 9.85. The summed E-state index contributed by atoms with van der Waals surface area (Å²) in [6.45, 7) is 5.23. The summed E-state index contributed by atoms with van der Waals surface area (Å²) in [4.78, 5) is 16.2. The Kier molecular flexibility index (Phi) is 6.12. The largest absolute Gasteiger partial charge is 0.391 e. The van der Waals surface area contributed by atoms with Crippen LogP contribution in [-0.4, -0.2) is 27.8 Å². The van der Waals surface area contributed by atoms with Gasteiger partial charge in [0.25, 0.3) is 0 Å². The second-order valence-corrected chi connectivity index (χ2v) is 6.82. The molecule has 2 N–H and O–H groups in total. The molecule has 1 fully saturated rings. The van der Waals surface area contributed by atoms with Gasteiger partial charge in [0.1, 0.15) is 5.82 Å². The van der Waals surface area contributed by atoms with E-state index in [9.17, 15) is 18.0 Å². The predicted molar refractivity (Wildman–Crippen MR) is 84.2 cm³/mol. The van der Waals surface area contributed by atoms with E-state index in [0.29, 0.717) is 18.8 Å². The minimum atomic E-state index is -4.18. The van der Waals surface area contributed by atoms with E-state index in [1.54, 1.807) is 6.20 Å². The molecule has 136 valence electrons. The van der Waals surface area contributed by atoms with Gasteiger partial charge in [0.2, 0.25) is 0 Å². The molecule has 2 rings (SSSR count). The van der Waals surface area contributed by atoms with Gasteiger partial charge in [0.15, 0.2) is 0 Å². The molecule has 2 atom stereocenters. The van der Waals surface area contributed by atoms with Crippen LogP contribution in [0.15, 0.2) is 12.4 Å². The SMILES string of the molecule is CC(C)Cn1ccnc1CNC(=O)NC1CCCC(C(F)(F)F)C1. The number of aromatic nitrogens is 2. The molecule has 2 unspecified atom stereocenters. The van der Waals surface area contributed by atoms with Gasteiger partial charge >= 0.3 is 12.2 Å². The molecule has 0 bridgehead atoms. The Morgan fingerprint density at radius 3 is 2.83 bits per heavy atom. The number of urea groups is 1. The predicted octanol–water partition coefficient (Wildman–Crippen LogP) is 3.46. The van der Waals surface area contributed by atoms with E-state index in [-0.39, 0.29) is 19.4 Å². The number of imidazole rings is 1. The number of halogens is 3. The van der Waals surface area contributed by atoms with Crippen LogP contribution in [-0.2, 0) is 13.1 Å². The average molecular weight is 346 g/mol. The molecule has 1 aromatic rings. The molecule has 0 radical (unpaired) electrons. The van der Waals surface area contributed by atoms with Gasteiger partial charge in [-0.2, -0.15) is 13.2 Å². The van der Waals surface area contributed by atoms with Gasteiger partial charge < -0.3 is 15.2 Å². The standard InChI is InChI=1S/C16H25F3N4O/c1-11(2)10-23-7-6-20-14(23)9-21-15(24)22-13-5-3-4-12(8-13)16(17,18)19/h6-7,11-13H,3-5,8-10H2,1-2H3,(H2,21,22,24). The molecule has 2 amide bonds. The Bertz CT molecular complexity index is 542. The second-order valence-electron chi connectivity index (χ2n) is 6.82. The van der Waals surface area contributed by atoms with E-state index in [1.165, 1.54) is 0 Å². The van der Waals surface area contributed by atoms with Gasteiger partial charge in [-0.3, -0.25) is 0 Å². The van der Waals surface area contributed by atoms with Crippen molar-refractivity contribution in [2.75, 3.05) is 0 Å². The van der Waals surface area contributed by atoms with Crippen molar-refractivity contribution in [1.29, 1.82) is 0 Å². The lowest BCUT2D eigenvalue weighted by Gasteiger charge is -2.31. The van der Waals surface area contributed by atoms with E-state index in [2.05, 4.69) is 29.5 Å². The Labute approximate surface area is 140 Å². The number of alkyl halides is 3. The molecule has 0 aliphatic heterocycles. The van der Waals surface area contributed by atoms with E-state index < -0.39 is 24.2 Å². The number of hydrogen-bond donors (Lipinski definition) is 2. The quantitative estimate of drug-likeness (QED) is 0.858. The Hall–Kier alpha value is -1.73. The van der Waals surface area contributed by atoms with Crippen molar-refractivity contribution in [2.45, 2.75) is 64.8 Å². The molecule has 0 saturated heterocycles. The lowest BCUT2D eigenvalue weighted by Crippen LogP contribution is -2.45. The van der Waals surface area contributed by atoms with Gasteiger partial charge in [-0.05, 0) is 25.2 Å². The Morgan fingerprint density at radius 1 is 1.42 bits per heavy atom. The topological polar surface area (TPSA) is 59.0 Å². The molecule has 8 heteroatoms. The van der Waals surface area contributed by atoms with E-state index in [1.807, 2.05) is 10.8 Å². The summed E-state index contributed by atoms with van der Waals surface area (Å²) >= 11 is 0. The van der Waals surface area contributed by atoms with Crippen molar-refractivity contribution in [2.24, 2.45) is 11.8 Å². The monoisotopic (exact) mass is 346 g/mol. The van der Waals surface area contributed by atoms with E-state index in [0.717, 1.165) is 12.4 Å². The molecule has 1 aliphatic rings. The first-order chi connectivity index (χ1) is 11.3. The minimum absolute atomic E-state index is 0.0428. The summed E-state index contributed by atoms with van der Waals surface area (Å²) in [5, 5.41) is 5.34. The number of hydrogen-bond acceptors (Lipinski definition) is 2. The number of rotatable bonds is 5. The third kappa shape index (κ3) is 5.42. The smallest absolute Gasteiger partial charge is 0.335 e. The summed E-state index contributed by atoms with van der Waals surface area (Å²) in [6.07, 6.45) is 0.513. The van der Waals surface area contributed by atoms with Crippen molar-refractivity contribution in [3.63, 3.8) is 0 Å². The van der Waals surface area contributed by atoms with Crippen LogP contribution in [0.3, 0.4) is 0 Å². The maximum atomic E-state index is 12.8. The van der Waals surface area contributed by atoms with Crippen molar-refractivity contribution >= 4 is 6.03 Å². The van der Waals surface area contributed by atoms with Crippen LogP contribution in [0.1, 0.15) is 45.4 Å². The van der Waals surface area contributed by atoms with Crippen LogP contribution in [0.2, 0.25) is 0 Å². The van der Waals surface area contributed by atoms with Gasteiger partial charge in [-0.25, -0.2) is 9.78 Å². The van der Waals surface area contributed by atoms with E-state index in [4.69, 9.17) is 0 Å². The highest BCUT2D eigenvalue weighted by atomic mass is 19.4. The maximum absolute atomic E-state index is 12.8. The zero-order chi connectivity index (χ0) is 17.7. The van der Waals surface area contributed by atoms with Crippen molar-refractivity contribution in [3.05, 3.63) is 18.2 Å². The fourth-order valence-corrected chi connectivity index (χ4v) is 3.08. The zero-order valence-corrected chi connectivity index (χ0v) is 14.1. The van der Waals surface area contributed by atoms with Gasteiger partial charge in [0.05, 0.1) is 12.5 Å². The molecule has 1 aromatic heterocycles. The van der Waals surface area contributed by atoms with Gasteiger partial charge in [-0.1, -0.05) is 20.3 Å². The highest BCUT2D eigenvalue weighted by molar-refractivity contribution is 5.74. The molecule has 1 saturated carbocycles. The second kappa shape index (κ2) is 7.90. The molecule has 0 spiro atoms. The third-order valence-electron chi connectivity index (χ3n) is 4.24. The molecule has 24 heavy (non-hydrogen) atoms. The Balaban J connectivity index is 1.80. The van der Waals surface area contributed by atoms with Crippen LogP contribution < -0.4 is 10.6 Å². The number of carbonyl (C=O) groups is 1. The molecule has 1 heterocycles. The first-order valence-electron chi connectivity index (χ1n) is 8.36. The van der Waals surface area contributed by atoms with Crippen LogP contribution >= 0.6 is 0 Å². The normalized spacial score (nSPS) is 21.8. The maximum Gasteiger partial charge on any atom is 0.391 e. The van der Waals surface area contributed by atoms with Crippen molar-refractivity contribution < 1.29 is 18.0 Å². The van der Waals surface area contributed by atoms with Crippen molar-refractivity contribution in [1.82, 2.24) is 20.2 Å². The molecular weight excluding hydrogens is 321 g/mol. The number of amides is 2. The molecule has 5 nitrogen and oxygen atoms in total. The molecule has 0 aromatic carbocycles. The zero-order valence-electron chi connectivity index (χ0n) is 14.1. The summed E-state index contributed by atoms with van der Waals surface area (Å²) in [7, 11) is 0. The summed E-state index contributed by atoms with van der Waals surface area (Å²) < 4.78 is 40.3. The number of carbonyl (C=O) groups excluding carboxylic acids is 1. The van der Waals surface area contributed by atoms with Crippen LogP contribution in [0.25, 0.3) is 0 Å². The first-order valence-corrected chi connectivity index (χ1v) is 8.36. The number of nitrogens with one attached hydrogen (secondary N) is 2. The highest BCUT2D eigenvalue weighted by Gasteiger charge is 2.42. The molecule has 1 aliphatic carbocycles. The molecular formula is C16H25F3N4O. The van der Waals surface area contributed by atoms with Crippen molar-refractivity contribution in [3.8, 4) is 0 Å². The summed E-state index contributed by atoms with van der Waals surface area (Å²) in [6, 6.07) is -0.872. The fraction of sp³-hybridized carbons (Fsp3) is 0.750. The number of nitrogens with zero attached hydrogens (tertiary/aromatic N) is 2. The first kappa shape index (κ1) is 18.6. The van der Waals surface area contributed by atoms with Gasteiger partial charge in [-0.15, -0.1) is 0 Å². The minimum Gasteiger partial charge on any atom is -0.335 e. The van der Waals surface area contributed by atoms with Crippen LogP contribution in [0.5, 0.6) is 0 Å². The summed E-state index contributed by atoms with van der Waals surface area (Å²) in [5.74, 6) is -0.134. The Morgan fingerprint density at radius 2 is 2.17 bits per heavy atom. The lowest BCUT2D eigenvalue weighted by molar-refractivity contribution is -0.183. The fourth-order valence-electron chi connectivity index (χ4n) is 3.08.